The highest BCUT2D eigenvalue weighted by Crippen LogP contribution is 2.20. The third-order valence-electron chi connectivity index (χ3n) is 2.94. The van der Waals surface area contributed by atoms with Gasteiger partial charge in [0.1, 0.15) is 5.75 Å². The van der Waals surface area contributed by atoms with Crippen LogP contribution in [0.5, 0.6) is 5.75 Å². The van der Waals surface area contributed by atoms with E-state index in [1.807, 2.05) is 4.83 Å². The standard InChI is InChI=1S/C14H12ClN3O5S/c1-23-12-3-5-13(6-4-12)24(21,22)17-16-9-10-8-11(18(19)20)2-7-14(10)15/h2-9,17H,1H3/b16-9+. The normalized spacial score (nSPS) is 11.4. The van der Waals surface area contributed by atoms with Gasteiger partial charge in [-0.2, -0.15) is 13.5 Å². The molecule has 0 aliphatic heterocycles. The van der Waals surface area contributed by atoms with E-state index in [1.54, 1.807) is 0 Å². The number of benzene rings is 2. The molecule has 0 aliphatic carbocycles. The first kappa shape index (κ1) is 17.7. The number of nitro benzene ring substituents is 1. The molecule has 0 atom stereocenters. The van der Waals surface area contributed by atoms with Crippen LogP contribution in [0.3, 0.4) is 0 Å². The Labute approximate surface area is 142 Å². The van der Waals surface area contributed by atoms with Crippen LogP contribution in [0.25, 0.3) is 0 Å². The Bertz CT molecular complexity index is 882. The number of rotatable bonds is 6. The molecule has 0 bridgehead atoms. The van der Waals surface area contributed by atoms with Crippen LogP contribution >= 0.6 is 11.6 Å². The van der Waals surface area contributed by atoms with Crippen molar-refractivity contribution in [1.29, 1.82) is 0 Å². The molecule has 0 saturated carbocycles. The highest BCUT2D eigenvalue weighted by Gasteiger charge is 2.13. The Morgan fingerprint density at radius 2 is 1.92 bits per heavy atom. The molecule has 8 nitrogen and oxygen atoms in total. The first-order chi connectivity index (χ1) is 11.3. The molecule has 0 spiro atoms. The number of hydrogen-bond donors (Lipinski definition) is 1. The molecule has 2 aromatic rings. The molecule has 0 aliphatic rings. The van der Waals surface area contributed by atoms with Gasteiger partial charge in [-0.3, -0.25) is 10.1 Å². The lowest BCUT2D eigenvalue weighted by atomic mass is 10.2. The molecule has 0 unspecified atom stereocenters. The van der Waals surface area contributed by atoms with Crippen LogP contribution in [-0.4, -0.2) is 26.7 Å². The molecule has 0 amide bonds. The number of halogens is 1. The Morgan fingerprint density at radius 3 is 2.50 bits per heavy atom. The Morgan fingerprint density at radius 1 is 1.25 bits per heavy atom. The molecule has 0 heterocycles. The second kappa shape index (κ2) is 7.28. The van der Waals surface area contributed by atoms with E-state index in [0.717, 1.165) is 6.21 Å². The maximum Gasteiger partial charge on any atom is 0.276 e. The fourth-order valence-electron chi connectivity index (χ4n) is 1.72. The molecule has 1 N–H and O–H groups in total. The lowest BCUT2D eigenvalue weighted by molar-refractivity contribution is -0.384. The van der Waals surface area contributed by atoms with Gasteiger partial charge in [-0.15, -0.1) is 0 Å². The smallest absolute Gasteiger partial charge is 0.276 e. The molecule has 10 heteroatoms. The van der Waals surface area contributed by atoms with Gasteiger partial charge in [-0.05, 0) is 30.3 Å². The van der Waals surface area contributed by atoms with Crippen molar-refractivity contribution in [2.75, 3.05) is 7.11 Å². The Kier molecular flexibility index (Phi) is 5.37. The van der Waals surface area contributed by atoms with Crippen molar-refractivity contribution in [3.63, 3.8) is 0 Å². The summed E-state index contributed by atoms with van der Waals surface area (Å²) in [5.74, 6) is 0.515. The predicted molar refractivity (Wildman–Crippen MR) is 89.0 cm³/mol. The summed E-state index contributed by atoms with van der Waals surface area (Å²) in [7, 11) is -2.41. The number of nitrogens with zero attached hydrogens (tertiary/aromatic N) is 2. The average Bonchev–Trinajstić information content (AvgIpc) is 2.56. The summed E-state index contributed by atoms with van der Waals surface area (Å²) in [5.41, 5.74) is 0.0298. The minimum atomic E-state index is -3.88. The lowest BCUT2D eigenvalue weighted by Crippen LogP contribution is -2.18. The quantitative estimate of drug-likeness (QED) is 0.478. The molecular formula is C14H12ClN3O5S. The number of hydrazone groups is 1. The number of non-ortho nitro benzene ring substituents is 1. The minimum Gasteiger partial charge on any atom is -0.497 e. The van der Waals surface area contributed by atoms with E-state index in [4.69, 9.17) is 16.3 Å². The largest absolute Gasteiger partial charge is 0.497 e. The molecule has 0 aromatic heterocycles. The average molecular weight is 370 g/mol. The summed E-state index contributed by atoms with van der Waals surface area (Å²) in [6.07, 6.45) is 1.09. The maximum atomic E-state index is 12.1. The van der Waals surface area contributed by atoms with E-state index in [9.17, 15) is 18.5 Å². The highest BCUT2D eigenvalue weighted by atomic mass is 35.5. The van der Waals surface area contributed by atoms with Gasteiger partial charge in [0.2, 0.25) is 0 Å². The summed E-state index contributed by atoms with van der Waals surface area (Å²) in [5, 5.41) is 14.5. The lowest BCUT2D eigenvalue weighted by Gasteiger charge is -2.04. The van der Waals surface area contributed by atoms with Crippen molar-refractivity contribution in [2.45, 2.75) is 4.90 Å². The summed E-state index contributed by atoms with van der Waals surface area (Å²) in [4.78, 5) is 12.1. The van der Waals surface area contributed by atoms with Crippen molar-refractivity contribution in [3.8, 4) is 5.75 Å². The fraction of sp³-hybridized carbons (Fsp3) is 0.0714. The topological polar surface area (TPSA) is 111 Å². The second-order valence-corrected chi connectivity index (χ2v) is 6.56. The van der Waals surface area contributed by atoms with E-state index >= 15 is 0 Å². The van der Waals surface area contributed by atoms with Crippen LogP contribution < -0.4 is 9.57 Å². The molecule has 24 heavy (non-hydrogen) atoms. The van der Waals surface area contributed by atoms with Crippen LogP contribution in [0.2, 0.25) is 5.02 Å². The van der Waals surface area contributed by atoms with Crippen molar-refractivity contribution in [2.24, 2.45) is 5.10 Å². The Balaban J connectivity index is 2.18. The second-order valence-electron chi connectivity index (χ2n) is 4.49. The van der Waals surface area contributed by atoms with Gasteiger partial charge in [0.05, 0.1) is 23.1 Å². The SMILES string of the molecule is COc1ccc(S(=O)(=O)N/N=C/c2cc([N+](=O)[O-])ccc2Cl)cc1. The van der Waals surface area contributed by atoms with Gasteiger partial charge in [0.25, 0.3) is 15.7 Å². The zero-order valence-corrected chi connectivity index (χ0v) is 13.9. The van der Waals surface area contributed by atoms with Gasteiger partial charge in [-0.1, -0.05) is 11.6 Å². The van der Waals surface area contributed by atoms with Gasteiger partial charge in [0, 0.05) is 22.7 Å². The number of sulfonamides is 1. The third-order valence-corrected chi connectivity index (χ3v) is 4.52. The van der Waals surface area contributed by atoms with Gasteiger partial charge in [0.15, 0.2) is 0 Å². The van der Waals surface area contributed by atoms with E-state index in [0.29, 0.717) is 5.75 Å². The van der Waals surface area contributed by atoms with Crippen molar-refractivity contribution in [1.82, 2.24) is 4.83 Å². The molecule has 126 valence electrons. The monoisotopic (exact) mass is 369 g/mol. The van der Waals surface area contributed by atoms with E-state index in [2.05, 4.69) is 5.10 Å². The highest BCUT2D eigenvalue weighted by molar-refractivity contribution is 7.89. The summed E-state index contributed by atoms with van der Waals surface area (Å²) in [6, 6.07) is 9.47. The minimum absolute atomic E-state index is 0.00871. The third kappa shape index (κ3) is 4.21. The van der Waals surface area contributed by atoms with E-state index < -0.39 is 14.9 Å². The van der Waals surface area contributed by atoms with Crippen LogP contribution in [0.1, 0.15) is 5.56 Å². The van der Waals surface area contributed by atoms with Gasteiger partial charge in [-0.25, -0.2) is 4.83 Å². The number of hydrogen-bond acceptors (Lipinski definition) is 6. The van der Waals surface area contributed by atoms with Crippen LogP contribution in [-0.2, 0) is 10.0 Å². The Hall–Kier alpha value is -2.65. The zero-order valence-electron chi connectivity index (χ0n) is 12.3. The molecule has 0 fully saturated rings. The van der Waals surface area contributed by atoms with E-state index in [1.165, 1.54) is 49.6 Å². The first-order valence-corrected chi connectivity index (χ1v) is 8.32. The molecular weight excluding hydrogens is 358 g/mol. The molecule has 0 saturated heterocycles. The van der Waals surface area contributed by atoms with Crippen molar-refractivity contribution in [3.05, 3.63) is 63.2 Å². The number of ether oxygens (including phenoxy) is 1. The molecule has 2 aromatic carbocycles. The predicted octanol–water partition coefficient (Wildman–Crippen LogP) is 2.57. The zero-order chi connectivity index (χ0) is 17.7. The number of methoxy groups -OCH3 is 1. The summed E-state index contributed by atoms with van der Waals surface area (Å²) < 4.78 is 29.1. The maximum absolute atomic E-state index is 12.1. The number of nitrogens with one attached hydrogen (secondary N) is 1. The van der Waals surface area contributed by atoms with Gasteiger partial charge < -0.3 is 4.74 Å². The van der Waals surface area contributed by atoms with Crippen LogP contribution in [0.15, 0.2) is 52.5 Å². The van der Waals surface area contributed by atoms with Crippen LogP contribution in [0, 0.1) is 10.1 Å². The van der Waals surface area contributed by atoms with E-state index in [-0.39, 0.29) is 21.2 Å². The van der Waals surface area contributed by atoms with Gasteiger partial charge >= 0.3 is 0 Å². The molecule has 0 radical (unpaired) electrons. The number of nitro groups is 1. The summed E-state index contributed by atoms with van der Waals surface area (Å²) in [6.45, 7) is 0. The fourth-order valence-corrected chi connectivity index (χ4v) is 2.67. The van der Waals surface area contributed by atoms with Crippen molar-refractivity contribution >= 4 is 33.5 Å². The first-order valence-electron chi connectivity index (χ1n) is 6.46. The summed E-state index contributed by atoms with van der Waals surface area (Å²) >= 11 is 5.90. The van der Waals surface area contributed by atoms with Crippen molar-refractivity contribution < 1.29 is 18.1 Å². The van der Waals surface area contributed by atoms with Crippen LogP contribution in [0.4, 0.5) is 5.69 Å². The molecule has 2 rings (SSSR count).